The normalized spacial score (nSPS) is 23.6. The number of amides is 1. The first-order valence-electron chi connectivity index (χ1n) is 10.1. The Balaban J connectivity index is 1.42. The standard InChI is InChI=1S/C22H29N3O2/c1-16-8-9-20-18(7-3-11-24-20)19(16)13-23-15-22(27)10-4-12-25(21(22)26)14-17-5-2-6-17/h3,7-9,11,17,23,27H,2,4-6,10,12-15H2,1H3/t22-/m0/s1. The molecule has 5 heteroatoms. The Bertz CT molecular complexity index is 833. The summed E-state index contributed by atoms with van der Waals surface area (Å²) in [5, 5.41) is 15.5. The molecule has 4 rings (SSSR count). The molecule has 2 N–H and O–H groups in total. The minimum Gasteiger partial charge on any atom is -0.379 e. The average Bonchev–Trinajstić information content (AvgIpc) is 2.63. The van der Waals surface area contributed by atoms with E-state index < -0.39 is 5.60 Å². The largest absolute Gasteiger partial charge is 0.379 e. The number of hydrogen-bond acceptors (Lipinski definition) is 4. The number of nitrogens with zero attached hydrogens (tertiary/aromatic N) is 2. The minimum atomic E-state index is -1.28. The monoisotopic (exact) mass is 367 g/mol. The third-order valence-electron chi connectivity index (χ3n) is 6.26. The number of benzene rings is 1. The molecule has 1 atom stereocenters. The number of nitrogens with one attached hydrogen (secondary N) is 1. The number of hydrogen-bond donors (Lipinski definition) is 2. The van der Waals surface area contributed by atoms with Crippen LogP contribution in [-0.2, 0) is 11.3 Å². The van der Waals surface area contributed by atoms with Crippen LogP contribution in [0, 0.1) is 12.8 Å². The lowest BCUT2D eigenvalue weighted by molar-refractivity contribution is -0.157. The number of pyridine rings is 1. The van der Waals surface area contributed by atoms with Gasteiger partial charge in [-0.3, -0.25) is 9.78 Å². The van der Waals surface area contributed by atoms with Crippen LogP contribution in [0.3, 0.4) is 0 Å². The van der Waals surface area contributed by atoms with Crippen LogP contribution in [0.1, 0.15) is 43.2 Å². The van der Waals surface area contributed by atoms with E-state index in [0.29, 0.717) is 25.4 Å². The first-order valence-corrected chi connectivity index (χ1v) is 10.1. The number of carbonyl (C=O) groups excluding carboxylic acids is 1. The summed E-state index contributed by atoms with van der Waals surface area (Å²) >= 11 is 0. The number of fused-ring (bicyclic) bond motifs is 1. The van der Waals surface area contributed by atoms with Crippen molar-refractivity contribution in [2.24, 2.45) is 5.92 Å². The van der Waals surface area contributed by atoms with Crippen molar-refractivity contribution >= 4 is 16.8 Å². The molecule has 0 radical (unpaired) electrons. The van der Waals surface area contributed by atoms with Crippen LogP contribution in [0.4, 0.5) is 0 Å². The van der Waals surface area contributed by atoms with E-state index in [1.165, 1.54) is 30.4 Å². The van der Waals surface area contributed by atoms with Crippen molar-refractivity contribution in [2.75, 3.05) is 19.6 Å². The van der Waals surface area contributed by atoms with Crippen molar-refractivity contribution in [3.8, 4) is 0 Å². The Morgan fingerprint density at radius 2 is 2.15 bits per heavy atom. The number of rotatable bonds is 6. The molecule has 0 spiro atoms. The summed E-state index contributed by atoms with van der Waals surface area (Å²) in [5.74, 6) is 0.541. The molecule has 1 aromatic heterocycles. The molecule has 27 heavy (non-hydrogen) atoms. The van der Waals surface area contributed by atoms with Crippen molar-refractivity contribution in [3.63, 3.8) is 0 Å². The molecule has 2 aromatic rings. The fourth-order valence-corrected chi connectivity index (χ4v) is 4.34. The van der Waals surface area contributed by atoms with Gasteiger partial charge in [-0.25, -0.2) is 0 Å². The Hall–Kier alpha value is -1.98. The van der Waals surface area contributed by atoms with Gasteiger partial charge in [-0.15, -0.1) is 0 Å². The number of carbonyl (C=O) groups is 1. The molecule has 2 heterocycles. The number of aryl methyl sites for hydroxylation is 1. The van der Waals surface area contributed by atoms with E-state index in [-0.39, 0.29) is 5.91 Å². The lowest BCUT2D eigenvalue weighted by atomic mass is 9.83. The summed E-state index contributed by atoms with van der Waals surface area (Å²) in [6, 6.07) is 8.13. The van der Waals surface area contributed by atoms with Gasteiger partial charge in [0.2, 0.25) is 0 Å². The number of aliphatic hydroxyl groups is 1. The van der Waals surface area contributed by atoms with Gasteiger partial charge in [-0.2, -0.15) is 0 Å². The third kappa shape index (κ3) is 3.71. The van der Waals surface area contributed by atoms with Crippen molar-refractivity contribution in [1.29, 1.82) is 0 Å². The maximum Gasteiger partial charge on any atom is 0.255 e. The molecular weight excluding hydrogens is 338 g/mol. The van der Waals surface area contributed by atoms with Gasteiger partial charge >= 0.3 is 0 Å². The van der Waals surface area contributed by atoms with E-state index in [1.54, 1.807) is 6.20 Å². The van der Waals surface area contributed by atoms with Gasteiger partial charge in [0.05, 0.1) is 5.52 Å². The second-order valence-corrected chi connectivity index (χ2v) is 8.22. The van der Waals surface area contributed by atoms with E-state index in [0.717, 1.165) is 30.4 Å². The highest BCUT2D eigenvalue weighted by molar-refractivity contribution is 5.86. The first-order chi connectivity index (χ1) is 13.1. The van der Waals surface area contributed by atoms with E-state index in [9.17, 15) is 9.90 Å². The number of aromatic nitrogens is 1. The van der Waals surface area contributed by atoms with Gasteiger partial charge in [0.25, 0.3) is 5.91 Å². The molecular formula is C22H29N3O2. The van der Waals surface area contributed by atoms with Crippen LogP contribution in [0.2, 0.25) is 0 Å². The van der Waals surface area contributed by atoms with Crippen LogP contribution >= 0.6 is 0 Å². The van der Waals surface area contributed by atoms with Crippen molar-refractivity contribution in [1.82, 2.24) is 15.2 Å². The van der Waals surface area contributed by atoms with E-state index >= 15 is 0 Å². The van der Waals surface area contributed by atoms with Crippen LogP contribution in [0.25, 0.3) is 10.9 Å². The average molecular weight is 367 g/mol. The topological polar surface area (TPSA) is 65.5 Å². The Kier molecular flexibility index (Phi) is 5.15. The Morgan fingerprint density at radius 3 is 2.93 bits per heavy atom. The fraction of sp³-hybridized carbons (Fsp3) is 0.545. The molecule has 1 aliphatic carbocycles. The molecule has 1 saturated heterocycles. The molecule has 1 aromatic carbocycles. The van der Waals surface area contributed by atoms with Crippen LogP contribution < -0.4 is 5.32 Å². The summed E-state index contributed by atoms with van der Waals surface area (Å²) in [6.45, 7) is 4.60. The molecule has 0 unspecified atom stereocenters. The quantitative estimate of drug-likeness (QED) is 0.824. The summed E-state index contributed by atoms with van der Waals surface area (Å²) in [6.07, 6.45) is 6.92. The zero-order valence-corrected chi connectivity index (χ0v) is 16.1. The lowest BCUT2D eigenvalue weighted by Gasteiger charge is -2.41. The van der Waals surface area contributed by atoms with Crippen molar-refractivity contribution in [2.45, 2.75) is 51.2 Å². The molecule has 2 fully saturated rings. The SMILES string of the molecule is Cc1ccc2ncccc2c1CNC[C@@]1(O)CCCN(CC2CCC2)C1=O. The zero-order chi connectivity index (χ0) is 18.9. The fourth-order valence-electron chi connectivity index (χ4n) is 4.34. The Labute approximate surface area is 160 Å². The van der Waals surface area contributed by atoms with Gasteiger partial charge < -0.3 is 15.3 Å². The summed E-state index contributed by atoms with van der Waals surface area (Å²) < 4.78 is 0. The lowest BCUT2D eigenvalue weighted by Crippen LogP contribution is -2.58. The van der Waals surface area contributed by atoms with Gasteiger partial charge in [-0.1, -0.05) is 18.6 Å². The maximum absolute atomic E-state index is 12.9. The minimum absolute atomic E-state index is 0.0931. The van der Waals surface area contributed by atoms with Gasteiger partial charge in [0.15, 0.2) is 5.60 Å². The van der Waals surface area contributed by atoms with Gasteiger partial charge in [0, 0.05) is 37.8 Å². The van der Waals surface area contributed by atoms with Crippen LogP contribution in [-0.4, -0.2) is 46.1 Å². The molecule has 2 aliphatic rings. The molecule has 1 aliphatic heterocycles. The maximum atomic E-state index is 12.9. The van der Waals surface area contributed by atoms with Crippen molar-refractivity contribution in [3.05, 3.63) is 41.6 Å². The highest BCUT2D eigenvalue weighted by atomic mass is 16.3. The number of piperidine rings is 1. The smallest absolute Gasteiger partial charge is 0.255 e. The highest BCUT2D eigenvalue weighted by Gasteiger charge is 2.42. The van der Waals surface area contributed by atoms with E-state index in [4.69, 9.17) is 0 Å². The second-order valence-electron chi connectivity index (χ2n) is 8.22. The molecule has 1 saturated carbocycles. The molecule has 0 bridgehead atoms. The van der Waals surface area contributed by atoms with E-state index in [1.807, 2.05) is 17.0 Å². The predicted molar refractivity (Wildman–Crippen MR) is 106 cm³/mol. The number of likely N-dealkylation sites (tertiary alicyclic amines) is 1. The summed E-state index contributed by atoms with van der Waals surface area (Å²) in [5.41, 5.74) is 2.06. The zero-order valence-electron chi connectivity index (χ0n) is 16.1. The van der Waals surface area contributed by atoms with E-state index in [2.05, 4.69) is 29.4 Å². The molecule has 5 nitrogen and oxygen atoms in total. The van der Waals surface area contributed by atoms with Crippen LogP contribution in [0.5, 0.6) is 0 Å². The predicted octanol–water partition coefficient (Wildman–Crippen LogP) is 2.79. The highest BCUT2D eigenvalue weighted by Crippen LogP contribution is 2.30. The van der Waals surface area contributed by atoms with Gasteiger partial charge in [-0.05, 0) is 61.8 Å². The third-order valence-corrected chi connectivity index (χ3v) is 6.26. The van der Waals surface area contributed by atoms with Gasteiger partial charge in [0.1, 0.15) is 0 Å². The molecule has 144 valence electrons. The van der Waals surface area contributed by atoms with Crippen molar-refractivity contribution < 1.29 is 9.90 Å². The first kappa shape index (κ1) is 18.4. The Morgan fingerprint density at radius 1 is 1.30 bits per heavy atom. The summed E-state index contributed by atoms with van der Waals surface area (Å²) in [4.78, 5) is 19.2. The second kappa shape index (κ2) is 7.56. The summed E-state index contributed by atoms with van der Waals surface area (Å²) in [7, 11) is 0. The van der Waals surface area contributed by atoms with Crippen LogP contribution in [0.15, 0.2) is 30.5 Å². The molecule has 1 amide bonds.